The standard InChI is InChI=1S/C18H20F2N2O4/c1-3-25-18(24)8-9-26-17(23)7-5-13-11-16(22(2)21-13)14-6-4-12(19)10-15(14)20/h4,6,10-11H,3,5,7-9H2,1-2H3. The summed E-state index contributed by atoms with van der Waals surface area (Å²) in [6.45, 7) is 1.94. The zero-order valence-electron chi connectivity index (χ0n) is 14.6. The SMILES string of the molecule is CCOC(=O)CCOC(=O)CCc1cc(-c2ccc(F)cc2F)n(C)n1. The van der Waals surface area contributed by atoms with E-state index in [9.17, 15) is 18.4 Å². The van der Waals surface area contributed by atoms with Gasteiger partial charge in [0.25, 0.3) is 0 Å². The first-order chi connectivity index (χ1) is 12.4. The van der Waals surface area contributed by atoms with E-state index in [0.717, 1.165) is 6.07 Å². The summed E-state index contributed by atoms with van der Waals surface area (Å²) in [5.74, 6) is -2.22. The quantitative estimate of drug-likeness (QED) is 0.672. The Morgan fingerprint density at radius 3 is 2.54 bits per heavy atom. The van der Waals surface area contributed by atoms with E-state index in [2.05, 4.69) is 5.10 Å². The normalized spacial score (nSPS) is 10.6. The Morgan fingerprint density at radius 1 is 1.12 bits per heavy atom. The molecule has 0 saturated heterocycles. The maximum Gasteiger partial charge on any atom is 0.309 e. The molecule has 0 unspecified atom stereocenters. The van der Waals surface area contributed by atoms with E-state index in [4.69, 9.17) is 9.47 Å². The first-order valence-corrected chi connectivity index (χ1v) is 8.20. The van der Waals surface area contributed by atoms with Crippen molar-refractivity contribution in [2.75, 3.05) is 13.2 Å². The Morgan fingerprint density at radius 2 is 1.85 bits per heavy atom. The number of aromatic nitrogens is 2. The van der Waals surface area contributed by atoms with Gasteiger partial charge in [-0.1, -0.05) is 0 Å². The molecule has 1 aromatic carbocycles. The first-order valence-electron chi connectivity index (χ1n) is 8.20. The highest BCUT2D eigenvalue weighted by Gasteiger charge is 2.14. The lowest BCUT2D eigenvalue weighted by Crippen LogP contribution is -2.12. The summed E-state index contributed by atoms with van der Waals surface area (Å²) in [6.07, 6.45) is 0.386. The third-order valence-corrected chi connectivity index (χ3v) is 3.60. The number of halogens is 2. The Balaban J connectivity index is 1.89. The van der Waals surface area contributed by atoms with Gasteiger partial charge < -0.3 is 9.47 Å². The lowest BCUT2D eigenvalue weighted by atomic mass is 10.1. The van der Waals surface area contributed by atoms with E-state index in [-0.39, 0.29) is 31.6 Å². The van der Waals surface area contributed by atoms with Crippen molar-refractivity contribution in [3.8, 4) is 11.3 Å². The van der Waals surface area contributed by atoms with Gasteiger partial charge in [-0.05, 0) is 25.1 Å². The predicted octanol–water partition coefficient (Wildman–Crippen LogP) is 2.79. The van der Waals surface area contributed by atoms with Gasteiger partial charge in [0.05, 0.1) is 30.8 Å². The van der Waals surface area contributed by atoms with Crippen LogP contribution in [0.25, 0.3) is 11.3 Å². The van der Waals surface area contributed by atoms with Gasteiger partial charge in [0, 0.05) is 25.1 Å². The molecule has 0 fully saturated rings. The molecule has 140 valence electrons. The molecule has 0 bridgehead atoms. The number of hydrogen-bond donors (Lipinski definition) is 0. The molecule has 0 atom stereocenters. The van der Waals surface area contributed by atoms with Crippen LogP contribution in [0.2, 0.25) is 0 Å². The maximum absolute atomic E-state index is 13.9. The smallest absolute Gasteiger partial charge is 0.309 e. The summed E-state index contributed by atoms with van der Waals surface area (Å²) in [5.41, 5.74) is 1.28. The number of nitrogens with zero attached hydrogens (tertiary/aromatic N) is 2. The van der Waals surface area contributed by atoms with Gasteiger partial charge in [0.2, 0.25) is 0 Å². The van der Waals surface area contributed by atoms with Crippen LogP contribution in [-0.4, -0.2) is 34.9 Å². The molecule has 0 saturated carbocycles. The van der Waals surface area contributed by atoms with E-state index < -0.39 is 23.6 Å². The molecule has 1 aromatic heterocycles. The third-order valence-electron chi connectivity index (χ3n) is 3.60. The molecule has 0 radical (unpaired) electrons. The monoisotopic (exact) mass is 366 g/mol. The third kappa shape index (κ3) is 5.37. The van der Waals surface area contributed by atoms with E-state index >= 15 is 0 Å². The second-order valence-electron chi connectivity index (χ2n) is 5.54. The average molecular weight is 366 g/mol. The van der Waals surface area contributed by atoms with Gasteiger partial charge in [-0.25, -0.2) is 8.78 Å². The van der Waals surface area contributed by atoms with Gasteiger partial charge in [-0.3, -0.25) is 14.3 Å². The first kappa shape index (κ1) is 19.6. The molecule has 0 spiro atoms. The van der Waals surface area contributed by atoms with Crippen LogP contribution in [-0.2, 0) is 32.5 Å². The summed E-state index contributed by atoms with van der Waals surface area (Å²) in [7, 11) is 1.64. The number of rotatable bonds is 8. The second-order valence-corrected chi connectivity index (χ2v) is 5.54. The number of hydrogen-bond acceptors (Lipinski definition) is 5. The molecule has 0 amide bonds. The highest BCUT2D eigenvalue weighted by atomic mass is 19.1. The Kier molecular flexibility index (Phi) is 6.82. The molecule has 8 heteroatoms. The van der Waals surface area contributed by atoms with Gasteiger partial charge in [-0.2, -0.15) is 5.10 Å². The van der Waals surface area contributed by atoms with Crippen LogP contribution >= 0.6 is 0 Å². The van der Waals surface area contributed by atoms with Gasteiger partial charge in [-0.15, -0.1) is 0 Å². The summed E-state index contributed by atoms with van der Waals surface area (Å²) < 4.78 is 38.1. The van der Waals surface area contributed by atoms with Crippen LogP contribution in [0, 0.1) is 11.6 Å². The van der Waals surface area contributed by atoms with Gasteiger partial charge in [0.15, 0.2) is 0 Å². The minimum absolute atomic E-state index is 0.0111. The van der Waals surface area contributed by atoms with Crippen molar-refractivity contribution in [2.45, 2.75) is 26.2 Å². The van der Waals surface area contributed by atoms with Gasteiger partial charge in [0.1, 0.15) is 18.2 Å². The molecular formula is C18H20F2N2O4. The van der Waals surface area contributed by atoms with Crippen molar-refractivity contribution >= 4 is 11.9 Å². The fourth-order valence-corrected chi connectivity index (χ4v) is 2.38. The Bertz CT molecular complexity index is 789. The minimum Gasteiger partial charge on any atom is -0.466 e. The molecule has 1 heterocycles. The van der Waals surface area contributed by atoms with Crippen LogP contribution in [0.5, 0.6) is 0 Å². The van der Waals surface area contributed by atoms with Crippen LogP contribution < -0.4 is 0 Å². The van der Waals surface area contributed by atoms with Crippen LogP contribution in [0.4, 0.5) is 8.78 Å². The van der Waals surface area contributed by atoms with Crippen molar-refractivity contribution in [3.05, 3.63) is 41.6 Å². The number of benzene rings is 1. The molecular weight excluding hydrogens is 346 g/mol. The maximum atomic E-state index is 13.9. The molecule has 0 aliphatic rings. The minimum atomic E-state index is -0.682. The highest BCUT2D eigenvalue weighted by molar-refractivity contribution is 5.72. The van der Waals surface area contributed by atoms with E-state index in [1.807, 2.05) is 0 Å². The Labute approximate surface area is 149 Å². The van der Waals surface area contributed by atoms with Crippen molar-refractivity contribution < 1.29 is 27.8 Å². The molecule has 0 aliphatic carbocycles. The number of carbonyl (C=O) groups is 2. The zero-order chi connectivity index (χ0) is 19.1. The fraction of sp³-hybridized carbons (Fsp3) is 0.389. The average Bonchev–Trinajstić information content (AvgIpc) is 2.94. The molecule has 0 aliphatic heterocycles. The number of carbonyl (C=O) groups excluding carboxylic acids is 2. The largest absolute Gasteiger partial charge is 0.466 e. The molecule has 26 heavy (non-hydrogen) atoms. The van der Waals surface area contributed by atoms with Crippen LogP contribution in [0.15, 0.2) is 24.3 Å². The van der Waals surface area contributed by atoms with Gasteiger partial charge >= 0.3 is 11.9 Å². The Hall–Kier alpha value is -2.77. The molecule has 0 N–H and O–H groups in total. The lowest BCUT2D eigenvalue weighted by Gasteiger charge is -2.04. The number of esters is 2. The van der Waals surface area contributed by atoms with E-state index in [0.29, 0.717) is 17.8 Å². The van der Waals surface area contributed by atoms with Crippen molar-refractivity contribution in [3.63, 3.8) is 0 Å². The number of aryl methyl sites for hydroxylation is 2. The number of ether oxygens (including phenoxy) is 2. The van der Waals surface area contributed by atoms with Crippen LogP contribution in [0.1, 0.15) is 25.5 Å². The van der Waals surface area contributed by atoms with Crippen molar-refractivity contribution in [1.82, 2.24) is 9.78 Å². The van der Waals surface area contributed by atoms with Crippen LogP contribution in [0.3, 0.4) is 0 Å². The van der Waals surface area contributed by atoms with E-state index in [1.54, 1.807) is 20.0 Å². The topological polar surface area (TPSA) is 70.4 Å². The highest BCUT2D eigenvalue weighted by Crippen LogP contribution is 2.24. The summed E-state index contributed by atoms with van der Waals surface area (Å²) in [5, 5.41) is 4.23. The van der Waals surface area contributed by atoms with E-state index in [1.165, 1.54) is 16.8 Å². The molecule has 6 nitrogen and oxygen atoms in total. The summed E-state index contributed by atoms with van der Waals surface area (Å²) in [4.78, 5) is 22.8. The summed E-state index contributed by atoms with van der Waals surface area (Å²) >= 11 is 0. The second kappa shape index (κ2) is 9.07. The molecule has 2 rings (SSSR count). The lowest BCUT2D eigenvalue weighted by molar-refractivity contribution is -0.149. The summed E-state index contributed by atoms with van der Waals surface area (Å²) in [6, 6.07) is 4.96. The zero-order valence-corrected chi connectivity index (χ0v) is 14.6. The fourth-order valence-electron chi connectivity index (χ4n) is 2.38. The predicted molar refractivity (Wildman–Crippen MR) is 89.1 cm³/mol. The van der Waals surface area contributed by atoms with Crippen molar-refractivity contribution in [1.29, 1.82) is 0 Å². The molecule has 2 aromatic rings. The van der Waals surface area contributed by atoms with Crippen molar-refractivity contribution in [2.24, 2.45) is 7.05 Å².